The molecule has 0 nitrogen and oxygen atoms in total. The number of hydrogen-bond acceptors (Lipinski definition) is 0. The van der Waals surface area contributed by atoms with Gasteiger partial charge in [-0.2, -0.15) is 0 Å². The van der Waals surface area contributed by atoms with E-state index in [1.165, 1.54) is 37.7 Å². The highest BCUT2D eigenvalue weighted by Crippen LogP contribution is 2.19. The van der Waals surface area contributed by atoms with Gasteiger partial charge in [-0.15, -0.1) is 0 Å². The summed E-state index contributed by atoms with van der Waals surface area (Å²) in [6.45, 7) is 7.05. The molecule has 0 N–H and O–H groups in total. The summed E-state index contributed by atoms with van der Waals surface area (Å²) in [6.07, 6.45) is 6.71. The molecule has 2 unspecified atom stereocenters. The van der Waals surface area contributed by atoms with Gasteiger partial charge < -0.3 is 0 Å². The van der Waals surface area contributed by atoms with Crippen LogP contribution in [0.25, 0.3) is 0 Å². The van der Waals surface area contributed by atoms with E-state index in [9.17, 15) is 0 Å². The molecule has 0 aromatic heterocycles. The molecule has 2 atom stereocenters. The van der Waals surface area contributed by atoms with E-state index >= 15 is 0 Å². The molecule has 16 heavy (non-hydrogen) atoms. The van der Waals surface area contributed by atoms with Crippen LogP contribution in [0, 0.1) is 11.8 Å². The van der Waals surface area contributed by atoms with Crippen LogP contribution in [0.1, 0.15) is 52.0 Å². The normalized spacial score (nSPS) is 14.7. The molecule has 0 amide bonds. The third-order valence-corrected chi connectivity index (χ3v) is 3.36. The molecule has 1 rings (SSSR count). The van der Waals surface area contributed by atoms with E-state index in [0.717, 1.165) is 11.8 Å². The zero-order valence-electron chi connectivity index (χ0n) is 11.1. The molecular weight excluding hydrogens is 192 g/mol. The van der Waals surface area contributed by atoms with Crippen LogP contribution in [0.4, 0.5) is 0 Å². The van der Waals surface area contributed by atoms with Gasteiger partial charge >= 0.3 is 0 Å². The van der Waals surface area contributed by atoms with Crippen LogP contribution in [-0.2, 0) is 6.42 Å². The minimum atomic E-state index is 0.821. The number of rotatable bonds is 7. The molecule has 0 saturated heterocycles. The van der Waals surface area contributed by atoms with E-state index in [-0.39, 0.29) is 0 Å². The summed E-state index contributed by atoms with van der Waals surface area (Å²) in [5, 5.41) is 0. The lowest BCUT2D eigenvalue weighted by Crippen LogP contribution is -2.03. The second-order valence-corrected chi connectivity index (χ2v) is 5.27. The maximum absolute atomic E-state index is 2.39. The lowest BCUT2D eigenvalue weighted by molar-refractivity contribution is 0.408. The first kappa shape index (κ1) is 13.3. The molecule has 0 saturated carbocycles. The lowest BCUT2D eigenvalue weighted by atomic mass is 9.91. The molecule has 0 fully saturated rings. The summed E-state index contributed by atoms with van der Waals surface area (Å²) in [5.74, 6) is 1.73. The van der Waals surface area contributed by atoms with Crippen LogP contribution in [0.3, 0.4) is 0 Å². The molecule has 0 aliphatic carbocycles. The highest BCUT2D eigenvalue weighted by Gasteiger charge is 2.06. The van der Waals surface area contributed by atoms with Crippen LogP contribution < -0.4 is 0 Å². The molecule has 0 heterocycles. The van der Waals surface area contributed by atoms with Crippen LogP contribution in [0.5, 0.6) is 0 Å². The Morgan fingerprint density at radius 1 is 0.875 bits per heavy atom. The van der Waals surface area contributed by atoms with Gasteiger partial charge in [0.05, 0.1) is 0 Å². The molecule has 0 bridgehead atoms. The predicted octanol–water partition coefficient (Wildman–Crippen LogP) is 5.08. The summed E-state index contributed by atoms with van der Waals surface area (Å²) >= 11 is 0. The molecule has 0 aliphatic heterocycles. The zero-order chi connectivity index (χ0) is 11.8. The third kappa shape index (κ3) is 5.34. The highest BCUT2D eigenvalue weighted by molar-refractivity contribution is 5.14. The minimum absolute atomic E-state index is 0.821. The van der Waals surface area contributed by atoms with Crippen LogP contribution >= 0.6 is 0 Å². The summed E-state index contributed by atoms with van der Waals surface area (Å²) in [4.78, 5) is 0. The summed E-state index contributed by atoms with van der Waals surface area (Å²) < 4.78 is 0. The van der Waals surface area contributed by atoms with Crippen molar-refractivity contribution in [2.75, 3.05) is 0 Å². The van der Waals surface area contributed by atoms with Gasteiger partial charge in [-0.05, 0) is 23.8 Å². The third-order valence-electron chi connectivity index (χ3n) is 3.36. The fourth-order valence-corrected chi connectivity index (χ4v) is 2.32. The van der Waals surface area contributed by atoms with E-state index in [2.05, 4.69) is 51.1 Å². The Morgan fingerprint density at radius 2 is 1.50 bits per heavy atom. The smallest absolute Gasteiger partial charge is 0.0253 e. The molecule has 1 aromatic rings. The van der Waals surface area contributed by atoms with Crippen molar-refractivity contribution < 1.29 is 0 Å². The van der Waals surface area contributed by atoms with Crippen LogP contribution in [0.2, 0.25) is 0 Å². The average molecular weight is 218 g/mol. The Hall–Kier alpha value is -0.780. The monoisotopic (exact) mass is 218 g/mol. The number of benzene rings is 1. The Balaban J connectivity index is 2.23. The predicted molar refractivity (Wildman–Crippen MR) is 72.6 cm³/mol. The van der Waals surface area contributed by atoms with E-state index in [1.54, 1.807) is 0 Å². The van der Waals surface area contributed by atoms with Crippen molar-refractivity contribution in [3.05, 3.63) is 35.9 Å². The van der Waals surface area contributed by atoms with Gasteiger partial charge in [0.1, 0.15) is 0 Å². The van der Waals surface area contributed by atoms with Gasteiger partial charge in [0, 0.05) is 0 Å². The van der Waals surface area contributed by atoms with Crippen molar-refractivity contribution >= 4 is 0 Å². The van der Waals surface area contributed by atoms with E-state index in [0.29, 0.717) is 0 Å². The fourth-order valence-electron chi connectivity index (χ4n) is 2.32. The van der Waals surface area contributed by atoms with Crippen molar-refractivity contribution in [2.24, 2.45) is 11.8 Å². The standard InChI is InChI=1S/C16H26/c1-4-8-14(2)11-12-15(3)13-16-9-6-5-7-10-16/h5-7,9-10,14-15H,4,8,11-13H2,1-3H3. The van der Waals surface area contributed by atoms with Gasteiger partial charge in [-0.1, -0.05) is 76.8 Å². The second kappa shape index (κ2) is 7.49. The van der Waals surface area contributed by atoms with Crippen molar-refractivity contribution in [3.8, 4) is 0 Å². The number of hydrogen-bond donors (Lipinski definition) is 0. The maximum atomic E-state index is 2.39. The SMILES string of the molecule is CCCC(C)CCC(C)Cc1ccccc1. The van der Waals surface area contributed by atoms with Crippen LogP contribution in [-0.4, -0.2) is 0 Å². The van der Waals surface area contributed by atoms with E-state index in [4.69, 9.17) is 0 Å². The van der Waals surface area contributed by atoms with Gasteiger partial charge in [0.15, 0.2) is 0 Å². The molecular formula is C16H26. The Labute approximate surface area is 101 Å². The Morgan fingerprint density at radius 3 is 2.12 bits per heavy atom. The van der Waals surface area contributed by atoms with Gasteiger partial charge in [0.25, 0.3) is 0 Å². The second-order valence-electron chi connectivity index (χ2n) is 5.27. The summed E-state index contributed by atoms with van der Waals surface area (Å²) in [7, 11) is 0. The van der Waals surface area contributed by atoms with Crippen molar-refractivity contribution in [1.82, 2.24) is 0 Å². The van der Waals surface area contributed by atoms with Crippen molar-refractivity contribution in [1.29, 1.82) is 0 Å². The van der Waals surface area contributed by atoms with Gasteiger partial charge in [-0.3, -0.25) is 0 Å². The largest absolute Gasteiger partial charge is 0.0654 e. The van der Waals surface area contributed by atoms with Gasteiger partial charge in [0.2, 0.25) is 0 Å². The first-order valence-electron chi connectivity index (χ1n) is 6.76. The van der Waals surface area contributed by atoms with E-state index in [1.807, 2.05) is 0 Å². The summed E-state index contributed by atoms with van der Waals surface area (Å²) in [6, 6.07) is 10.9. The summed E-state index contributed by atoms with van der Waals surface area (Å²) in [5.41, 5.74) is 1.48. The van der Waals surface area contributed by atoms with Crippen LogP contribution in [0.15, 0.2) is 30.3 Å². The topological polar surface area (TPSA) is 0 Å². The zero-order valence-corrected chi connectivity index (χ0v) is 11.1. The van der Waals surface area contributed by atoms with Crippen molar-refractivity contribution in [2.45, 2.75) is 52.9 Å². The lowest BCUT2D eigenvalue weighted by Gasteiger charge is -2.15. The van der Waals surface area contributed by atoms with E-state index < -0.39 is 0 Å². The van der Waals surface area contributed by atoms with Gasteiger partial charge in [-0.25, -0.2) is 0 Å². The first-order chi connectivity index (χ1) is 7.72. The quantitative estimate of drug-likeness (QED) is 0.598. The molecule has 1 aromatic carbocycles. The average Bonchev–Trinajstić information content (AvgIpc) is 2.28. The fraction of sp³-hybridized carbons (Fsp3) is 0.625. The Kier molecular flexibility index (Phi) is 6.22. The highest BCUT2D eigenvalue weighted by atomic mass is 14.1. The molecule has 0 spiro atoms. The molecule has 0 heteroatoms. The van der Waals surface area contributed by atoms with Crippen molar-refractivity contribution in [3.63, 3.8) is 0 Å². The minimum Gasteiger partial charge on any atom is -0.0654 e. The first-order valence-corrected chi connectivity index (χ1v) is 6.76. The maximum Gasteiger partial charge on any atom is -0.0253 e. The Bertz CT molecular complexity index is 263. The molecule has 0 aliphatic rings. The molecule has 0 radical (unpaired) electrons. The molecule has 90 valence electrons.